The highest BCUT2D eigenvalue weighted by Gasteiger charge is 2.20. The summed E-state index contributed by atoms with van der Waals surface area (Å²) in [7, 11) is 0. The predicted octanol–water partition coefficient (Wildman–Crippen LogP) is 4.09. The van der Waals surface area contributed by atoms with Crippen LogP contribution in [0.25, 0.3) is 0 Å². The third kappa shape index (κ3) is 4.39. The molecule has 0 unspecified atom stereocenters. The van der Waals surface area contributed by atoms with Crippen LogP contribution in [-0.4, -0.2) is 29.1 Å². The lowest BCUT2D eigenvalue weighted by molar-refractivity contribution is 0.102. The molecule has 0 radical (unpaired) electrons. The van der Waals surface area contributed by atoms with Crippen molar-refractivity contribution in [2.75, 3.05) is 23.3 Å². The zero-order chi connectivity index (χ0) is 19.3. The van der Waals surface area contributed by atoms with Crippen LogP contribution >= 0.6 is 0 Å². The van der Waals surface area contributed by atoms with E-state index in [0.29, 0.717) is 17.3 Å². The lowest BCUT2D eigenvalue weighted by atomic mass is 9.90. The Bertz CT molecular complexity index is 913. The fraction of sp³-hybridized carbons (Fsp3) is 0.318. The van der Waals surface area contributed by atoms with Crippen LogP contribution in [0, 0.1) is 12.8 Å². The van der Waals surface area contributed by atoms with E-state index in [1.165, 1.54) is 18.4 Å². The van der Waals surface area contributed by atoms with Crippen molar-refractivity contribution in [1.82, 2.24) is 10.1 Å². The van der Waals surface area contributed by atoms with Gasteiger partial charge in [0.15, 0.2) is 5.82 Å². The van der Waals surface area contributed by atoms with Crippen molar-refractivity contribution in [3.8, 4) is 0 Å². The summed E-state index contributed by atoms with van der Waals surface area (Å²) >= 11 is 0. The van der Waals surface area contributed by atoms with Gasteiger partial charge in [-0.3, -0.25) is 4.79 Å². The summed E-state index contributed by atoms with van der Waals surface area (Å²) in [5.74, 6) is 1.48. The molecule has 1 saturated heterocycles. The van der Waals surface area contributed by atoms with Gasteiger partial charge in [-0.25, -0.2) is 4.98 Å². The number of carbonyl (C=O) groups is 1. The van der Waals surface area contributed by atoms with Gasteiger partial charge < -0.3 is 14.7 Å². The Morgan fingerprint density at radius 2 is 1.96 bits per heavy atom. The van der Waals surface area contributed by atoms with Gasteiger partial charge >= 0.3 is 0 Å². The van der Waals surface area contributed by atoms with Gasteiger partial charge in [-0.1, -0.05) is 35.5 Å². The third-order valence-electron chi connectivity index (χ3n) is 5.20. The van der Waals surface area contributed by atoms with Gasteiger partial charge in [0.25, 0.3) is 5.91 Å². The molecule has 6 nitrogen and oxygen atoms in total. The molecule has 1 fully saturated rings. The minimum absolute atomic E-state index is 0.290. The Kier molecular flexibility index (Phi) is 5.37. The Labute approximate surface area is 164 Å². The number of anilines is 2. The second kappa shape index (κ2) is 8.25. The fourth-order valence-electron chi connectivity index (χ4n) is 3.66. The predicted molar refractivity (Wildman–Crippen MR) is 109 cm³/mol. The molecule has 1 aliphatic rings. The largest absolute Gasteiger partial charge is 0.370 e. The van der Waals surface area contributed by atoms with E-state index in [0.717, 1.165) is 31.1 Å². The number of aromatic nitrogens is 2. The average molecular weight is 376 g/mol. The van der Waals surface area contributed by atoms with Crippen LogP contribution in [0.5, 0.6) is 0 Å². The first-order valence-electron chi connectivity index (χ1n) is 9.67. The number of carbonyl (C=O) groups excluding carboxylic acids is 1. The number of amides is 1. The number of nitrogens with zero attached hydrogens (tertiary/aromatic N) is 3. The molecule has 2 aromatic heterocycles. The zero-order valence-corrected chi connectivity index (χ0v) is 16.0. The number of benzene rings is 1. The molecular weight excluding hydrogens is 352 g/mol. The zero-order valence-electron chi connectivity index (χ0n) is 16.0. The fourth-order valence-corrected chi connectivity index (χ4v) is 3.66. The first kappa shape index (κ1) is 18.2. The highest BCUT2D eigenvalue weighted by molar-refractivity contribution is 6.02. The molecule has 0 atom stereocenters. The summed E-state index contributed by atoms with van der Waals surface area (Å²) in [6, 6.07) is 16.1. The minimum atomic E-state index is -0.290. The van der Waals surface area contributed by atoms with Crippen molar-refractivity contribution in [2.24, 2.45) is 5.92 Å². The molecular formula is C22H24N4O2. The number of hydrogen-bond acceptors (Lipinski definition) is 5. The molecule has 3 aromatic rings. The SMILES string of the molecule is Cc1cc(NC(=O)c2ccc(N3CCC(Cc4ccccc4)CC3)cn2)no1. The Morgan fingerprint density at radius 3 is 2.61 bits per heavy atom. The van der Waals surface area contributed by atoms with E-state index in [-0.39, 0.29) is 5.91 Å². The lowest BCUT2D eigenvalue weighted by Crippen LogP contribution is -2.34. The summed E-state index contributed by atoms with van der Waals surface area (Å²) in [4.78, 5) is 18.9. The number of aryl methyl sites for hydroxylation is 1. The number of rotatable bonds is 5. The Morgan fingerprint density at radius 1 is 1.18 bits per heavy atom. The average Bonchev–Trinajstić information content (AvgIpc) is 3.14. The number of pyridine rings is 1. The molecule has 3 heterocycles. The molecule has 0 spiro atoms. The summed E-state index contributed by atoms with van der Waals surface area (Å²) in [5, 5.41) is 6.45. The van der Waals surface area contributed by atoms with Crippen molar-refractivity contribution < 1.29 is 9.32 Å². The summed E-state index contributed by atoms with van der Waals surface area (Å²) < 4.78 is 4.95. The first-order chi connectivity index (χ1) is 13.7. The van der Waals surface area contributed by atoms with Crippen LogP contribution in [-0.2, 0) is 6.42 Å². The van der Waals surface area contributed by atoms with Crippen molar-refractivity contribution in [2.45, 2.75) is 26.2 Å². The first-order valence-corrected chi connectivity index (χ1v) is 9.67. The highest BCUT2D eigenvalue weighted by Crippen LogP contribution is 2.25. The summed E-state index contributed by atoms with van der Waals surface area (Å²) in [6.45, 7) is 3.81. The topological polar surface area (TPSA) is 71.3 Å². The summed E-state index contributed by atoms with van der Waals surface area (Å²) in [5.41, 5.74) is 2.84. The van der Waals surface area contributed by atoms with Gasteiger partial charge in [0.05, 0.1) is 11.9 Å². The standard InChI is InChI=1S/C22H24N4O2/c1-16-13-21(25-28-16)24-22(27)20-8-7-19(15-23-20)26-11-9-18(10-12-26)14-17-5-3-2-4-6-17/h2-8,13,15,18H,9-12,14H2,1H3,(H,24,25,27). The quantitative estimate of drug-likeness (QED) is 0.726. The van der Waals surface area contributed by atoms with E-state index in [1.807, 2.05) is 6.07 Å². The van der Waals surface area contributed by atoms with Crippen LogP contribution in [0.15, 0.2) is 59.3 Å². The van der Waals surface area contributed by atoms with E-state index in [9.17, 15) is 4.79 Å². The monoisotopic (exact) mass is 376 g/mol. The molecule has 4 rings (SSSR count). The van der Waals surface area contributed by atoms with Crippen LogP contribution in [0.2, 0.25) is 0 Å². The molecule has 0 saturated carbocycles. The van der Waals surface area contributed by atoms with Gasteiger partial charge in [0.1, 0.15) is 11.5 Å². The van der Waals surface area contributed by atoms with Crippen molar-refractivity contribution in [3.05, 3.63) is 71.7 Å². The maximum absolute atomic E-state index is 12.3. The van der Waals surface area contributed by atoms with Crippen LogP contribution in [0.4, 0.5) is 11.5 Å². The van der Waals surface area contributed by atoms with Crippen molar-refractivity contribution >= 4 is 17.4 Å². The Balaban J connectivity index is 1.31. The van der Waals surface area contributed by atoms with Crippen LogP contribution in [0.3, 0.4) is 0 Å². The minimum Gasteiger partial charge on any atom is -0.370 e. The van der Waals surface area contributed by atoms with Gasteiger partial charge in [-0.2, -0.15) is 0 Å². The van der Waals surface area contributed by atoms with E-state index in [4.69, 9.17) is 4.52 Å². The van der Waals surface area contributed by atoms with Crippen LogP contribution in [0.1, 0.15) is 34.7 Å². The highest BCUT2D eigenvalue weighted by atomic mass is 16.5. The number of piperidine rings is 1. The molecule has 28 heavy (non-hydrogen) atoms. The molecule has 0 bridgehead atoms. The molecule has 1 amide bonds. The van der Waals surface area contributed by atoms with E-state index < -0.39 is 0 Å². The third-order valence-corrected chi connectivity index (χ3v) is 5.20. The number of nitrogens with one attached hydrogen (secondary N) is 1. The van der Waals surface area contributed by atoms with Gasteiger partial charge in [0, 0.05) is 19.2 Å². The smallest absolute Gasteiger partial charge is 0.275 e. The molecule has 1 N–H and O–H groups in total. The van der Waals surface area contributed by atoms with E-state index in [2.05, 4.69) is 50.7 Å². The second-order valence-corrected chi connectivity index (χ2v) is 7.30. The molecule has 144 valence electrons. The van der Waals surface area contributed by atoms with E-state index in [1.54, 1.807) is 25.3 Å². The normalized spacial score (nSPS) is 14.8. The van der Waals surface area contributed by atoms with Crippen molar-refractivity contribution in [1.29, 1.82) is 0 Å². The Hall–Kier alpha value is -3.15. The van der Waals surface area contributed by atoms with Gasteiger partial charge in [-0.05, 0) is 49.8 Å². The molecule has 1 aliphatic heterocycles. The molecule has 0 aliphatic carbocycles. The maximum Gasteiger partial charge on any atom is 0.275 e. The number of hydrogen-bond donors (Lipinski definition) is 1. The van der Waals surface area contributed by atoms with Gasteiger partial charge in [0.2, 0.25) is 0 Å². The maximum atomic E-state index is 12.3. The van der Waals surface area contributed by atoms with E-state index >= 15 is 0 Å². The van der Waals surface area contributed by atoms with Crippen molar-refractivity contribution in [3.63, 3.8) is 0 Å². The summed E-state index contributed by atoms with van der Waals surface area (Å²) in [6.07, 6.45) is 5.26. The molecule has 1 aromatic carbocycles. The second-order valence-electron chi connectivity index (χ2n) is 7.30. The molecule has 6 heteroatoms. The lowest BCUT2D eigenvalue weighted by Gasteiger charge is -2.33. The van der Waals surface area contributed by atoms with Crippen LogP contribution < -0.4 is 10.2 Å². The van der Waals surface area contributed by atoms with Gasteiger partial charge in [-0.15, -0.1) is 0 Å².